The molecule has 4 nitrogen and oxygen atoms in total. The molecule has 0 amide bonds. The molecule has 0 bridgehead atoms. The number of benzene rings is 2. The van der Waals surface area contributed by atoms with E-state index < -0.39 is 0 Å². The van der Waals surface area contributed by atoms with Gasteiger partial charge in [-0.2, -0.15) is 0 Å². The number of furan rings is 1. The number of hydrogen-bond acceptors (Lipinski definition) is 3. The molecule has 0 saturated heterocycles. The van der Waals surface area contributed by atoms with E-state index in [1.807, 2.05) is 48.8 Å². The van der Waals surface area contributed by atoms with Crippen molar-refractivity contribution in [2.24, 2.45) is 0 Å². The molecule has 0 fully saturated rings. The molecule has 3 aromatic heterocycles. The van der Waals surface area contributed by atoms with Crippen LogP contribution in [0.25, 0.3) is 45.5 Å². The van der Waals surface area contributed by atoms with Crippen molar-refractivity contribution in [1.82, 2.24) is 4.57 Å². The van der Waals surface area contributed by atoms with Crippen LogP contribution in [0.5, 0.6) is 0 Å². The Hall–Kier alpha value is -3.79. The Morgan fingerprint density at radius 2 is 1.78 bits per heavy atom. The predicted octanol–water partition coefficient (Wildman–Crippen LogP) is 5.64. The SMILES string of the molecule is O=c1ccc2cc3c(/C=C/n4cccc4-c4ccccc4)coc3cc2o1. The Balaban J connectivity index is 1.57. The minimum Gasteiger partial charge on any atom is -0.464 e. The van der Waals surface area contributed by atoms with E-state index in [0.717, 1.165) is 27.6 Å². The van der Waals surface area contributed by atoms with Gasteiger partial charge in [0.1, 0.15) is 11.2 Å². The summed E-state index contributed by atoms with van der Waals surface area (Å²) in [7, 11) is 0. The highest BCUT2D eigenvalue weighted by Crippen LogP contribution is 2.28. The highest BCUT2D eigenvalue weighted by Gasteiger charge is 2.08. The standard InChI is InChI=1S/C23H15NO3/c25-23-9-8-17-13-19-18(15-26-22(19)14-21(17)27-23)10-12-24-11-4-7-20(24)16-5-2-1-3-6-16/h1-15H/b12-10+. The fourth-order valence-electron chi connectivity index (χ4n) is 3.28. The van der Waals surface area contributed by atoms with Crippen molar-refractivity contribution in [2.45, 2.75) is 0 Å². The molecule has 27 heavy (non-hydrogen) atoms. The van der Waals surface area contributed by atoms with E-state index >= 15 is 0 Å². The first-order valence-electron chi connectivity index (χ1n) is 8.63. The van der Waals surface area contributed by atoms with Crippen molar-refractivity contribution in [3.8, 4) is 11.3 Å². The third-order valence-corrected chi connectivity index (χ3v) is 4.61. The second kappa shape index (κ2) is 6.18. The Bertz CT molecular complexity index is 1340. The summed E-state index contributed by atoms with van der Waals surface area (Å²) in [5, 5.41) is 1.84. The maximum Gasteiger partial charge on any atom is 0.336 e. The van der Waals surface area contributed by atoms with Crippen LogP contribution in [0.4, 0.5) is 0 Å². The summed E-state index contributed by atoms with van der Waals surface area (Å²) < 4.78 is 13.0. The van der Waals surface area contributed by atoms with Crippen LogP contribution in [0.1, 0.15) is 5.56 Å². The van der Waals surface area contributed by atoms with Crippen LogP contribution in [0.15, 0.2) is 92.8 Å². The van der Waals surface area contributed by atoms with Gasteiger partial charge in [-0.15, -0.1) is 0 Å². The molecule has 0 spiro atoms. The zero-order chi connectivity index (χ0) is 18.2. The number of hydrogen-bond donors (Lipinski definition) is 0. The van der Waals surface area contributed by atoms with Crippen LogP contribution in [-0.2, 0) is 0 Å². The lowest BCUT2D eigenvalue weighted by atomic mass is 10.1. The van der Waals surface area contributed by atoms with Crippen LogP contribution in [-0.4, -0.2) is 4.57 Å². The average Bonchev–Trinajstić information content (AvgIpc) is 3.32. The summed E-state index contributed by atoms with van der Waals surface area (Å²) in [6, 6.07) is 21.3. The quantitative estimate of drug-likeness (QED) is 0.395. The lowest BCUT2D eigenvalue weighted by Crippen LogP contribution is -1.93. The zero-order valence-corrected chi connectivity index (χ0v) is 14.3. The Morgan fingerprint density at radius 1 is 0.889 bits per heavy atom. The minimum absolute atomic E-state index is 0.366. The molecule has 2 aromatic carbocycles. The predicted molar refractivity (Wildman–Crippen MR) is 107 cm³/mol. The summed E-state index contributed by atoms with van der Waals surface area (Å²) in [5.41, 5.74) is 4.08. The van der Waals surface area contributed by atoms with Crippen molar-refractivity contribution in [3.63, 3.8) is 0 Å². The molecule has 0 atom stereocenters. The van der Waals surface area contributed by atoms with Crippen molar-refractivity contribution < 1.29 is 8.83 Å². The first kappa shape index (κ1) is 15.5. The summed E-state index contributed by atoms with van der Waals surface area (Å²) in [4.78, 5) is 11.4. The van der Waals surface area contributed by atoms with E-state index in [0.29, 0.717) is 11.2 Å². The van der Waals surface area contributed by atoms with Gasteiger partial charge in [-0.3, -0.25) is 0 Å². The van der Waals surface area contributed by atoms with Gasteiger partial charge in [-0.25, -0.2) is 4.79 Å². The topological polar surface area (TPSA) is 48.3 Å². The molecule has 5 rings (SSSR count). The van der Waals surface area contributed by atoms with Crippen LogP contribution in [0.2, 0.25) is 0 Å². The molecule has 0 saturated carbocycles. The first-order chi connectivity index (χ1) is 13.3. The zero-order valence-electron chi connectivity index (χ0n) is 14.3. The maximum absolute atomic E-state index is 11.4. The number of rotatable bonds is 3. The minimum atomic E-state index is -0.366. The monoisotopic (exact) mass is 353 g/mol. The van der Waals surface area contributed by atoms with Crippen LogP contribution in [0.3, 0.4) is 0 Å². The van der Waals surface area contributed by atoms with Gasteiger partial charge in [0.15, 0.2) is 0 Å². The summed E-state index contributed by atoms with van der Waals surface area (Å²) in [6.45, 7) is 0. The third kappa shape index (κ3) is 2.77. The fourth-order valence-corrected chi connectivity index (χ4v) is 3.28. The van der Waals surface area contributed by atoms with Crippen LogP contribution < -0.4 is 5.63 Å². The highest BCUT2D eigenvalue weighted by molar-refractivity contribution is 5.98. The Kier molecular flexibility index (Phi) is 3.54. The van der Waals surface area contributed by atoms with Gasteiger partial charge in [0, 0.05) is 40.9 Å². The maximum atomic E-state index is 11.4. The number of aromatic nitrogens is 1. The molecule has 0 unspecified atom stereocenters. The Labute approximate surface area is 154 Å². The van der Waals surface area contributed by atoms with Gasteiger partial charge < -0.3 is 13.4 Å². The van der Waals surface area contributed by atoms with Crippen molar-refractivity contribution in [1.29, 1.82) is 0 Å². The van der Waals surface area contributed by atoms with Crippen molar-refractivity contribution in [3.05, 3.63) is 95.2 Å². The molecule has 0 aliphatic carbocycles. The molecule has 0 aliphatic rings. The van der Waals surface area contributed by atoms with Crippen LogP contribution in [0, 0.1) is 0 Å². The molecule has 0 radical (unpaired) electrons. The second-order valence-corrected chi connectivity index (χ2v) is 6.31. The van der Waals surface area contributed by atoms with E-state index in [-0.39, 0.29) is 5.63 Å². The van der Waals surface area contributed by atoms with E-state index in [2.05, 4.69) is 22.8 Å². The van der Waals surface area contributed by atoms with Gasteiger partial charge in [0.05, 0.1) is 12.0 Å². The molecule has 3 heterocycles. The van der Waals surface area contributed by atoms with Gasteiger partial charge in [0.2, 0.25) is 0 Å². The number of fused-ring (bicyclic) bond motifs is 2. The van der Waals surface area contributed by atoms with Crippen molar-refractivity contribution >= 4 is 34.2 Å². The smallest absolute Gasteiger partial charge is 0.336 e. The third-order valence-electron chi connectivity index (χ3n) is 4.61. The summed E-state index contributed by atoms with van der Waals surface area (Å²) >= 11 is 0. The molecule has 5 aromatic rings. The van der Waals surface area contributed by atoms with E-state index in [1.165, 1.54) is 6.07 Å². The highest BCUT2D eigenvalue weighted by atomic mass is 16.4. The summed E-state index contributed by atoms with van der Waals surface area (Å²) in [6.07, 6.45) is 7.76. The molecule has 0 aliphatic heterocycles. The summed E-state index contributed by atoms with van der Waals surface area (Å²) in [5.74, 6) is 0. The Morgan fingerprint density at radius 3 is 2.67 bits per heavy atom. The first-order valence-corrected chi connectivity index (χ1v) is 8.63. The van der Waals surface area contributed by atoms with Crippen molar-refractivity contribution in [2.75, 3.05) is 0 Å². The average molecular weight is 353 g/mol. The molecule has 4 heteroatoms. The lowest BCUT2D eigenvalue weighted by molar-refractivity contribution is 0.559. The molecule has 130 valence electrons. The van der Waals surface area contributed by atoms with E-state index in [9.17, 15) is 4.79 Å². The molecule has 0 N–H and O–H groups in total. The second-order valence-electron chi connectivity index (χ2n) is 6.31. The molecular weight excluding hydrogens is 338 g/mol. The van der Waals surface area contributed by atoms with Gasteiger partial charge in [0.25, 0.3) is 0 Å². The van der Waals surface area contributed by atoms with Gasteiger partial charge in [-0.05, 0) is 35.9 Å². The lowest BCUT2D eigenvalue weighted by Gasteiger charge is -2.04. The molecular formula is C23H15NO3. The number of nitrogens with zero attached hydrogens (tertiary/aromatic N) is 1. The van der Waals surface area contributed by atoms with E-state index in [4.69, 9.17) is 8.83 Å². The van der Waals surface area contributed by atoms with E-state index in [1.54, 1.807) is 18.4 Å². The normalized spacial score (nSPS) is 11.7. The van der Waals surface area contributed by atoms with Crippen LogP contribution >= 0.6 is 0 Å². The van der Waals surface area contributed by atoms with Gasteiger partial charge >= 0.3 is 5.63 Å². The largest absolute Gasteiger partial charge is 0.464 e. The van der Waals surface area contributed by atoms with Gasteiger partial charge in [-0.1, -0.05) is 30.3 Å². The fraction of sp³-hybridized carbons (Fsp3) is 0.